The Bertz CT molecular complexity index is 1300. The summed E-state index contributed by atoms with van der Waals surface area (Å²) in [6, 6.07) is 4.81. The van der Waals surface area contributed by atoms with Crippen LogP contribution in [0.5, 0.6) is 11.5 Å². The average molecular weight is 518 g/mol. The van der Waals surface area contributed by atoms with Gasteiger partial charge in [-0.05, 0) is 34.1 Å². The molecule has 1 aliphatic rings. The molecule has 3 N–H and O–H groups in total. The SMILES string of the molecule is COc1cc(/C=N\NC(=O)c2nnn(-c3nonc3N)c2CSC2=NCCS2)ccc1OC(C)=O. The van der Waals surface area contributed by atoms with Crippen LogP contribution in [0.25, 0.3) is 5.82 Å². The molecule has 0 saturated carbocycles. The van der Waals surface area contributed by atoms with E-state index in [9.17, 15) is 9.59 Å². The number of aromatic nitrogens is 5. The molecule has 0 spiro atoms. The lowest BCUT2D eigenvalue weighted by molar-refractivity contribution is -0.132. The van der Waals surface area contributed by atoms with Gasteiger partial charge in [0.2, 0.25) is 11.6 Å². The highest BCUT2D eigenvalue weighted by Gasteiger charge is 2.24. The third-order valence-electron chi connectivity index (χ3n) is 4.39. The third kappa shape index (κ3) is 5.78. The van der Waals surface area contributed by atoms with Crippen LogP contribution in [0.3, 0.4) is 0 Å². The zero-order valence-corrected chi connectivity index (χ0v) is 20.1. The van der Waals surface area contributed by atoms with E-state index in [2.05, 4.69) is 40.8 Å². The molecule has 1 aromatic carbocycles. The van der Waals surface area contributed by atoms with E-state index in [1.807, 2.05) is 0 Å². The zero-order chi connectivity index (χ0) is 24.8. The quantitative estimate of drug-likeness (QED) is 0.189. The molecule has 0 aliphatic carbocycles. The molecule has 0 unspecified atom stereocenters. The largest absolute Gasteiger partial charge is 0.493 e. The second-order valence-electron chi connectivity index (χ2n) is 6.76. The van der Waals surface area contributed by atoms with Crippen LogP contribution in [0.15, 0.2) is 32.9 Å². The van der Waals surface area contributed by atoms with E-state index in [1.165, 1.54) is 36.7 Å². The summed E-state index contributed by atoms with van der Waals surface area (Å²) in [4.78, 5) is 28.5. The fourth-order valence-electron chi connectivity index (χ4n) is 2.87. The van der Waals surface area contributed by atoms with Crippen LogP contribution in [-0.4, -0.2) is 67.2 Å². The van der Waals surface area contributed by atoms with E-state index >= 15 is 0 Å². The van der Waals surface area contributed by atoms with Gasteiger partial charge >= 0.3 is 5.97 Å². The van der Waals surface area contributed by atoms with Gasteiger partial charge in [0.05, 0.1) is 25.6 Å². The number of anilines is 1. The summed E-state index contributed by atoms with van der Waals surface area (Å²) in [6.45, 7) is 2.04. The lowest BCUT2D eigenvalue weighted by Gasteiger charge is -2.08. The highest BCUT2D eigenvalue weighted by Crippen LogP contribution is 2.28. The first kappa shape index (κ1) is 24.2. The van der Waals surface area contributed by atoms with Crippen LogP contribution in [-0.2, 0) is 10.5 Å². The molecule has 0 fully saturated rings. The van der Waals surface area contributed by atoms with Crippen molar-refractivity contribution in [1.82, 2.24) is 30.7 Å². The lowest BCUT2D eigenvalue weighted by atomic mass is 10.2. The van der Waals surface area contributed by atoms with Gasteiger partial charge in [0, 0.05) is 18.4 Å². The van der Waals surface area contributed by atoms with Gasteiger partial charge in [0.25, 0.3) is 5.91 Å². The number of nitrogens with zero attached hydrogens (tertiary/aromatic N) is 7. The van der Waals surface area contributed by atoms with Crippen LogP contribution in [0, 0.1) is 0 Å². The Kier molecular flexibility index (Phi) is 7.61. The summed E-state index contributed by atoms with van der Waals surface area (Å²) >= 11 is 3.08. The van der Waals surface area contributed by atoms with Crippen LogP contribution in [0.2, 0.25) is 0 Å². The summed E-state index contributed by atoms with van der Waals surface area (Å²) in [5, 5.41) is 19.3. The number of carbonyl (C=O) groups excluding carboxylic acids is 2. The van der Waals surface area contributed by atoms with Gasteiger partial charge in [0.15, 0.2) is 17.2 Å². The van der Waals surface area contributed by atoms with Crippen molar-refractivity contribution in [2.75, 3.05) is 25.1 Å². The summed E-state index contributed by atoms with van der Waals surface area (Å²) in [7, 11) is 1.45. The maximum absolute atomic E-state index is 12.9. The molecule has 4 rings (SSSR count). The van der Waals surface area contributed by atoms with E-state index < -0.39 is 11.9 Å². The molecule has 2 aromatic heterocycles. The van der Waals surface area contributed by atoms with Crippen molar-refractivity contribution in [3.63, 3.8) is 0 Å². The fraction of sp³-hybridized carbons (Fsp3) is 0.263. The van der Waals surface area contributed by atoms with E-state index in [4.69, 9.17) is 15.2 Å². The van der Waals surface area contributed by atoms with Crippen LogP contribution >= 0.6 is 23.5 Å². The highest BCUT2D eigenvalue weighted by molar-refractivity contribution is 8.38. The minimum absolute atomic E-state index is 0.00450. The van der Waals surface area contributed by atoms with Crippen molar-refractivity contribution in [1.29, 1.82) is 0 Å². The molecule has 1 aliphatic heterocycles. The number of hydrogen-bond donors (Lipinski definition) is 2. The Morgan fingerprint density at radius 1 is 1.37 bits per heavy atom. The number of hydrogen-bond acceptors (Lipinski definition) is 14. The number of amides is 1. The molecule has 1 amide bonds. The van der Waals surface area contributed by atoms with Crippen molar-refractivity contribution in [2.24, 2.45) is 10.1 Å². The molecule has 0 radical (unpaired) electrons. The summed E-state index contributed by atoms with van der Waals surface area (Å²) < 4.78 is 17.2. The van der Waals surface area contributed by atoms with Crippen molar-refractivity contribution in [2.45, 2.75) is 12.7 Å². The van der Waals surface area contributed by atoms with Crippen molar-refractivity contribution < 1.29 is 23.7 Å². The summed E-state index contributed by atoms with van der Waals surface area (Å²) in [5.41, 5.74) is 9.27. The maximum Gasteiger partial charge on any atom is 0.308 e. The molecule has 35 heavy (non-hydrogen) atoms. The third-order valence-corrected chi connectivity index (χ3v) is 6.65. The molecule has 182 valence electrons. The highest BCUT2D eigenvalue weighted by atomic mass is 32.2. The Balaban J connectivity index is 1.51. The molecular formula is C19H19N9O5S2. The Labute approximate surface area is 206 Å². The molecule has 3 heterocycles. The molecule has 16 heteroatoms. The average Bonchev–Trinajstić information content (AvgIpc) is 3.59. The first-order valence-electron chi connectivity index (χ1n) is 9.99. The Morgan fingerprint density at radius 2 is 2.23 bits per heavy atom. The number of rotatable bonds is 8. The van der Waals surface area contributed by atoms with Gasteiger partial charge in [-0.2, -0.15) is 9.78 Å². The smallest absolute Gasteiger partial charge is 0.308 e. The van der Waals surface area contributed by atoms with Gasteiger partial charge in [0.1, 0.15) is 4.38 Å². The van der Waals surface area contributed by atoms with E-state index in [1.54, 1.807) is 30.0 Å². The number of nitrogens with one attached hydrogen (secondary N) is 1. The van der Waals surface area contributed by atoms with Gasteiger partial charge in [-0.3, -0.25) is 14.6 Å². The zero-order valence-electron chi connectivity index (χ0n) is 18.5. The van der Waals surface area contributed by atoms with Gasteiger partial charge in [-0.15, -0.1) is 5.10 Å². The lowest BCUT2D eigenvalue weighted by Crippen LogP contribution is -2.20. The summed E-state index contributed by atoms with van der Waals surface area (Å²) in [6.07, 6.45) is 1.40. The van der Waals surface area contributed by atoms with E-state index in [-0.39, 0.29) is 23.1 Å². The summed E-state index contributed by atoms with van der Waals surface area (Å²) in [5.74, 6) is 0.905. The second kappa shape index (κ2) is 11.0. The number of benzene rings is 1. The van der Waals surface area contributed by atoms with Crippen LogP contribution < -0.4 is 20.6 Å². The van der Waals surface area contributed by atoms with Gasteiger partial charge in [-0.25, -0.2) is 10.1 Å². The molecule has 14 nitrogen and oxygen atoms in total. The number of thioether (sulfide) groups is 2. The number of esters is 1. The Hall–Kier alpha value is -3.92. The predicted molar refractivity (Wildman–Crippen MR) is 129 cm³/mol. The Morgan fingerprint density at radius 3 is 2.91 bits per heavy atom. The topological polar surface area (TPSA) is 185 Å². The van der Waals surface area contributed by atoms with Gasteiger partial charge < -0.3 is 15.2 Å². The van der Waals surface area contributed by atoms with E-state index in [0.717, 1.165) is 16.7 Å². The number of ether oxygens (including phenoxy) is 2. The van der Waals surface area contributed by atoms with Crippen molar-refractivity contribution >= 4 is 51.8 Å². The molecule has 3 aromatic rings. The predicted octanol–water partition coefficient (Wildman–Crippen LogP) is 1.27. The minimum atomic E-state index is -0.595. The van der Waals surface area contributed by atoms with Crippen LogP contribution in [0.4, 0.5) is 5.82 Å². The fourth-order valence-corrected chi connectivity index (χ4v) is 4.87. The maximum atomic E-state index is 12.9. The molecule has 0 bridgehead atoms. The number of hydrazone groups is 1. The van der Waals surface area contributed by atoms with E-state index in [0.29, 0.717) is 22.8 Å². The van der Waals surface area contributed by atoms with Gasteiger partial charge in [-0.1, -0.05) is 28.7 Å². The van der Waals surface area contributed by atoms with Crippen LogP contribution in [0.1, 0.15) is 28.7 Å². The number of nitrogens with two attached hydrogens (primary N) is 1. The monoisotopic (exact) mass is 517 g/mol. The minimum Gasteiger partial charge on any atom is -0.493 e. The second-order valence-corrected chi connectivity index (χ2v) is 9.06. The normalized spacial score (nSPS) is 13.1. The number of carbonyl (C=O) groups is 2. The number of methoxy groups -OCH3 is 1. The molecule has 0 saturated heterocycles. The number of nitrogen functional groups attached to an aromatic ring is 1. The first-order valence-corrected chi connectivity index (χ1v) is 12.0. The van der Waals surface area contributed by atoms with Crippen molar-refractivity contribution in [3.05, 3.63) is 35.2 Å². The molecule has 0 atom stereocenters. The first-order chi connectivity index (χ1) is 17.0. The standard InChI is InChI=1S/C19H19N9O5S2/c1-10(29)32-13-4-3-11(7-14(13)31-2)8-22-24-18(30)15-12(9-35-19-21-5-6-34-19)28(27-23-15)17-16(20)25-33-26-17/h3-4,7-8H,5-6,9H2,1-2H3,(H2,20,25)(H,24,30)/b22-8-. The van der Waals surface area contributed by atoms with Crippen molar-refractivity contribution in [3.8, 4) is 17.3 Å². The molecular weight excluding hydrogens is 498 g/mol. The number of aliphatic imine (C=N–C) groups is 1.